The molecule has 0 spiro atoms. The quantitative estimate of drug-likeness (QED) is 0.816. The van der Waals surface area contributed by atoms with Crippen LogP contribution >= 0.6 is 15.9 Å². The van der Waals surface area contributed by atoms with Crippen molar-refractivity contribution in [3.05, 3.63) is 28.2 Å². The van der Waals surface area contributed by atoms with Crippen molar-refractivity contribution in [1.29, 1.82) is 0 Å². The molecule has 0 bridgehead atoms. The summed E-state index contributed by atoms with van der Waals surface area (Å²) in [7, 11) is 0. The Balaban J connectivity index is 2.16. The van der Waals surface area contributed by atoms with E-state index in [1.807, 2.05) is 0 Å². The molecule has 0 radical (unpaired) electrons. The molecule has 0 atom stereocenters. The highest BCUT2D eigenvalue weighted by atomic mass is 79.9. The molecule has 1 N–H and O–H groups in total. The molecule has 0 heterocycles. The van der Waals surface area contributed by atoms with Crippen LogP contribution < -0.4 is 10.2 Å². The van der Waals surface area contributed by atoms with Gasteiger partial charge in [0.1, 0.15) is 0 Å². The maximum absolute atomic E-state index is 3.61. The normalized spacial score (nSPS) is 15.4. The van der Waals surface area contributed by atoms with Gasteiger partial charge in [-0.25, -0.2) is 0 Å². The second-order valence-electron chi connectivity index (χ2n) is 6.86. The first-order valence-electron chi connectivity index (χ1n) is 7.67. The molecule has 1 aliphatic rings. The van der Waals surface area contributed by atoms with Gasteiger partial charge in [0.05, 0.1) is 0 Å². The highest BCUT2D eigenvalue weighted by Crippen LogP contribution is 2.33. The van der Waals surface area contributed by atoms with E-state index in [4.69, 9.17) is 0 Å². The number of anilines is 1. The third-order valence-corrected chi connectivity index (χ3v) is 4.24. The van der Waals surface area contributed by atoms with Crippen molar-refractivity contribution < 1.29 is 0 Å². The Kier molecular flexibility index (Phi) is 5.14. The standard InChI is InChI=1S/C17H27BrN2/c1-5-20(12-13-6-7-13)16-9-8-15(18)10-14(16)11-19-17(2,3)4/h8-10,13,19H,5-7,11-12H2,1-4H3. The lowest BCUT2D eigenvalue weighted by Gasteiger charge is -2.28. The Morgan fingerprint density at radius 2 is 2.00 bits per heavy atom. The summed E-state index contributed by atoms with van der Waals surface area (Å²) in [5, 5.41) is 3.61. The van der Waals surface area contributed by atoms with Crippen molar-refractivity contribution in [3.8, 4) is 0 Å². The lowest BCUT2D eigenvalue weighted by Crippen LogP contribution is -2.36. The molecule has 0 unspecified atom stereocenters. The van der Waals surface area contributed by atoms with Crippen molar-refractivity contribution >= 4 is 21.6 Å². The minimum Gasteiger partial charge on any atom is -0.371 e. The number of benzene rings is 1. The molecule has 1 saturated carbocycles. The number of nitrogens with one attached hydrogen (secondary N) is 1. The van der Waals surface area contributed by atoms with Gasteiger partial charge >= 0.3 is 0 Å². The van der Waals surface area contributed by atoms with Gasteiger partial charge in [0.2, 0.25) is 0 Å². The number of hydrogen-bond acceptors (Lipinski definition) is 2. The SMILES string of the molecule is CCN(CC1CC1)c1ccc(Br)cc1CNC(C)(C)C. The Labute approximate surface area is 132 Å². The largest absolute Gasteiger partial charge is 0.371 e. The maximum Gasteiger partial charge on any atom is 0.0412 e. The zero-order valence-corrected chi connectivity index (χ0v) is 14.8. The number of rotatable bonds is 6. The summed E-state index contributed by atoms with van der Waals surface area (Å²) < 4.78 is 1.16. The summed E-state index contributed by atoms with van der Waals surface area (Å²) >= 11 is 3.60. The molecule has 1 aromatic carbocycles. The van der Waals surface area contributed by atoms with Gasteiger partial charge in [0.15, 0.2) is 0 Å². The molecule has 0 aromatic heterocycles. The third kappa shape index (κ3) is 4.78. The van der Waals surface area contributed by atoms with Gasteiger partial charge in [-0.15, -0.1) is 0 Å². The van der Waals surface area contributed by atoms with Gasteiger partial charge in [-0.2, -0.15) is 0 Å². The van der Waals surface area contributed by atoms with E-state index in [1.54, 1.807) is 0 Å². The van der Waals surface area contributed by atoms with Crippen LogP contribution in [0.2, 0.25) is 0 Å². The fourth-order valence-electron chi connectivity index (χ4n) is 2.37. The van der Waals surface area contributed by atoms with Gasteiger partial charge in [-0.3, -0.25) is 0 Å². The first-order chi connectivity index (χ1) is 9.39. The summed E-state index contributed by atoms with van der Waals surface area (Å²) in [6.45, 7) is 12.1. The highest BCUT2D eigenvalue weighted by Gasteiger charge is 2.25. The Morgan fingerprint density at radius 3 is 2.55 bits per heavy atom. The van der Waals surface area contributed by atoms with E-state index in [2.05, 4.69) is 72.0 Å². The second-order valence-corrected chi connectivity index (χ2v) is 7.77. The van der Waals surface area contributed by atoms with Crippen molar-refractivity contribution in [3.63, 3.8) is 0 Å². The number of halogens is 1. The summed E-state index contributed by atoms with van der Waals surface area (Å²) in [5.41, 5.74) is 2.92. The van der Waals surface area contributed by atoms with Gasteiger partial charge in [-0.05, 0) is 70.2 Å². The van der Waals surface area contributed by atoms with Gasteiger partial charge in [-0.1, -0.05) is 15.9 Å². The van der Waals surface area contributed by atoms with Crippen LogP contribution in [0.15, 0.2) is 22.7 Å². The van der Waals surface area contributed by atoms with Crippen LogP contribution in [0.25, 0.3) is 0 Å². The van der Waals surface area contributed by atoms with E-state index in [0.29, 0.717) is 0 Å². The summed E-state index contributed by atoms with van der Waals surface area (Å²) in [6, 6.07) is 6.67. The molecular formula is C17H27BrN2. The van der Waals surface area contributed by atoms with Crippen molar-refractivity contribution in [2.45, 2.75) is 52.6 Å². The number of hydrogen-bond donors (Lipinski definition) is 1. The summed E-state index contributed by atoms with van der Waals surface area (Å²) in [6.07, 6.45) is 2.81. The zero-order valence-electron chi connectivity index (χ0n) is 13.2. The van der Waals surface area contributed by atoms with Gasteiger partial charge < -0.3 is 10.2 Å². The highest BCUT2D eigenvalue weighted by molar-refractivity contribution is 9.10. The molecule has 2 rings (SSSR count). The lowest BCUT2D eigenvalue weighted by molar-refractivity contribution is 0.424. The first kappa shape index (κ1) is 15.8. The third-order valence-electron chi connectivity index (χ3n) is 3.75. The molecule has 0 aliphatic heterocycles. The molecular weight excluding hydrogens is 312 g/mol. The molecule has 1 aromatic rings. The van der Waals surface area contributed by atoms with E-state index < -0.39 is 0 Å². The predicted octanol–water partition coefficient (Wildman–Crippen LogP) is 4.57. The van der Waals surface area contributed by atoms with Gasteiger partial charge in [0.25, 0.3) is 0 Å². The minimum atomic E-state index is 0.146. The fourth-order valence-corrected chi connectivity index (χ4v) is 2.78. The molecule has 112 valence electrons. The van der Waals surface area contributed by atoms with E-state index >= 15 is 0 Å². The Bertz CT molecular complexity index is 447. The first-order valence-corrected chi connectivity index (χ1v) is 8.47. The summed E-state index contributed by atoms with van der Waals surface area (Å²) in [5.74, 6) is 0.919. The van der Waals surface area contributed by atoms with Crippen LogP contribution in [0.3, 0.4) is 0 Å². The van der Waals surface area contributed by atoms with Crippen LogP contribution in [0.4, 0.5) is 5.69 Å². The predicted molar refractivity (Wildman–Crippen MR) is 91.3 cm³/mol. The average Bonchev–Trinajstić information content (AvgIpc) is 3.17. The molecule has 0 saturated heterocycles. The molecule has 1 aliphatic carbocycles. The molecule has 2 nitrogen and oxygen atoms in total. The number of nitrogens with zero attached hydrogens (tertiary/aromatic N) is 1. The smallest absolute Gasteiger partial charge is 0.0412 e. The van der Waals surface area contributed by atoms with Gasteiger partial charge in [0, 0.05) is 35.3 Å². The molecule has 20 heavy (non-hydrogen) atoms. The van der Waals surface area contributed by atoms with Crippen molar-refractivity contribution in [2.75, 3.05) is 18.0 Å². The van der Waals surface area contributed by atoms with Crippen LogP contribution in [0.1, 0.15) is 46.1 Å². The molecule has 3 heteroatoms. The van der Waals surface area contributed by atoms with Crippen molar-refractivity contribution in [2.24, 2.45) is 5.92 Å². The van der Waals surface area contributed by atoms with E-state index in [-0.39, 0.29) is 5.54 Å². The Morgan fingerprint density at radius 1 is 1.30 bits per heavy atom. The topological polar surface area (TPSA) is 15.3 Å². The molecule has 0 amide bonds. The van der Waals surface area contributed by atoms with Crippen LogP contribution in [0, 0.1) is 5.92 Å². The van der Waals surface area contributed by atoms with E-state index in [1.165, 1.54) is 30.6 Å². The zero-order chi connectivity index (χ0) is 14.8. The average molecular weight is 339 g/mol. The van der Waals surface area contributed by atoms with E-state index in [9.17, 15) is 0 Å². The monoisotopic (exact) mass is 338 g/mol. The maximum atomic E-state index is 3.61. The van der Waals surface area contributed by atoms with E-state index in [0.717, 1.165) is 23.5 Å². The Hall–Kier alpha value is -0.540. The van der Waals surface area contributed by atoms with Crippen LogP contribution in [-0.2, 0) is 6.54 Å². The summed E-state index contributed by atoms with van der Waals surface area (Å²) in [4.78, 5) is 2.53. The minimum absolute atomic E-state index is 0.146. The lowest BCUT2D eigenvalue weighted by atomic mass is 10.1. The van der Waals surface area contributed by atoms with Crippen LogP contribution in [0.5, 0.6) is 0 Å². The second kappa shape index (κ2) is 6.48. The fraction of sp³-hybridized carbons (Fsp3) is 0.647. The van der Waals surface area contributed by atoms with Crippen LogP contribution in [-0.4, -0.2) is 18.6 Å². The van der Waals surface area contributed by atoms with Crippen molar-refractivity contribution in [1.82, 2.24) is 5.32 Å². The molecule has 1 fully saturated rings.